The Kier molecular flexibility index (Phi) is 5.74. The van der Waals surface area contributed by atoms with Crippen molar-refractivity contribution in [3.63, 3.8) is 0 Å². The summed E-state index contributed by atoms with van der Waals surface area (Å²) in [6.45, 7) is 12.2. The first-order chi connectivity index (χ1) is 9.06. The molecule has 0 atom stereocenters. The number of hydrogen-bond donors (Lipinski definition) is 0. The van der Waals surface area contributed by atoms with E-state index in [0.29, 0.717) is 0 Å². The first-order valence-electron chi connectivity index (χ1n) is 8.80. The molecule has 1 aliphatic heterocycles. The second-order valence-electron chi connectivity index (χ2n) is 7.83. The van der Waals surface area contributed by atoms with Gasteiger partial charge in [-0.2, -0.15) is 0 Å². The maximum atomic E-state index is 2.66. The van der Waals surface area contributed by atoms with Gasteiger partial charge in [0.2, 0.25) is 0 Å². The van der Waals surface area contributed by atoms with Gasteiger partial charge in [0.05, 0.1) is 0 Å². The lowest BCUT2D eigenvalue weighted by molar-refractivity contribution is 0.123. The van der Waals surface area contributed by atoms with Gasteiger partial charge in [-0.25, -0.2) is 0 Å². The van der Waals surface area contributed by atoms with Crippen molar-refractivity contribution in [3.05, 3.63) is 0 Å². The molecule has 0 unspecified atom stereocenters. The van der Waals surface area contributed by atoms with Gasteiger partial charge in [0.1, 0.15) is 0 Å². The van der Waals surface area contributed by atoms with Crippen molar-refractivity contribution in [2.45, 2.75) is 78.7 Å². The summed E-state index contributed by atoms with van der Waals surface area (Å²) in [5.74, 6) is 4.04. The first kappa shape index (κ1) is 15.4. The van der Waals surface area contributed by atoms with Crippen LogP contribution in [0.4, 0.5) is 0 Å². The van der Waals surface area contributed by atoms with E-state index in [-0.39, 0.29) is 0 Å². The highest BCUT2D eigenvalue weighted by Crippen LogP contribution is 2.37. The SMILES string of the molecule is CC(C)C1CCC(CC2CCN(C(C)C)CC2)CC1. The third-order valence-electron chi connectivity index (χ3n) is 5.88. The van der Waals surface area contributed by atoms with E-state index in [1.807, 2.05) is 0 Å². The van der Waals surface area contributed by atoms with Gasteiger partial charge >= 0.3 is 0 Å². The maximum Gasteiger partial charge on any atom is 0.00385 e. The summed E-state index contributed by atoms with van der Waals surface area (Å²) in [5.41, 5.74) is 0. The van der Waals surface area contributed by atoms with E-state index in [2.05, 4.69) is 32.6 Å². The molecule has 0 aromatic rings. The number of nitrogens with zero attached hydrogens (tertiary/aromatic N) is 1. The standard InChI is InChI=1S/C18H35N/c1-14(2)18-7-5-16(6-8-18)13-17-9-11-19(12-10-17)15(3)4/h14-18H,5-13H2,1-4H3. The van der Waals surface area contributed by atoms with Crippen molar-refractivity contribution < 1.29 is 0 Å². The summed E-state index contributed by atoms with van der Waals surface area (Å²) < 4.78 is 0. The molecule has 1 heterocycles. The van der Waals surface area contributed by atoms with Crippen LogP contribution in [0.3, 0.4) is 0 Å². The third kappa shape index (κ3) is 4.48. The Morgan fingerprint density at radius 3 is 1.79 bits per heavy atom. The molecule has 112 valence electrons. The number of likely N-dealkylation sites (tertiary alicyclic amines) is 1. The average Bonchev–Trinajstić information content (AvgIpc) is 2.40. The van der Waals surface area contributed by atoms with E-state index < -0.39 is 0 Å². The van der Waals surface area contributed by atoms with E-state index in [0.717, 1.165) is 29.7 Å². The van der Waals surface area contributed by atoms with E-state index in [9.17, 15) is 0 Å². The Balaban J connectivity index is 1.67. The molecule has 0 N–H and O–H groups in total. The molecule has 2 rings (SSSR count). The molecule has 1 aliphatic carbocycles. The quantitative estimate of drug-likeness (QED) is 0.694. The van der Waals surface area contributed by atoms with Gasteiger partial charge in [-0.3, -0.25) is 0 Å². The molecular weight excluding hydrogens is 230 g/mol. The summed E-state index contributed by atoms with van der Waals surface area (Å²) in [7, 11) is 0. The first-order valence-corrected chi connectivity index (χ1v) is 8.80. The Hall–Kier alpha value is -0.0400. The summed E-state index contributed by atoms with van der Waals surface area (Å²) in [6, 6.07) is 0.752. The summed E-state index contributed by atoms with van der Waals surface area (Å²) in [6.07, 6.45) is 10.5. The van der Waals surface area contributed by atoms with Gasteiger partial charge in [0.25, 0.3) is 0 Å². The maximum absolute atomic E-state index is 2.66. The molecule has 1 saturated heterocycles. The molecular formula is C18H35N. The monoisotopic (exact) mass is 265 g/mol. The fourth-order valence-corrected chi connectivity index (χ4v) is 4.27. The summed E-state index contributed by atoms with van der Waals surface area (Å²) >= 11 is 0. The van der Waals surface area contributed by atoms with E-state index in [1.165, 1.54) is 58.0 Å². The van der Waals surface area contributed by atoms with Gasteiger partial charge < -0.3 is 4.90 Å². The average molecular weight is 265 g/mol. The van der Waals surface area contributed by atoms with Gasteiger partial charge in [-0.05, 0) is 82.7 Å². The van der Waals surface area contributed by atoms with Crippen LogP contribution in [0.2, 0.25) is 0 Å². The smallest absolute Gasteiger partial charge is 0.00385 e. The highest BCUT2D eigenvalue weighted by Gasteiger charge is 2.27. The molecule has 0 bridgehead atoms. The fraction of sp³-hybridized carbons (Fsp3) is 1.00. The van der Waals surface area contributed by atoms with Crippen molar-refractivity contribution in [2.75, 3.05) is 13.1 Å². The van der Waals surface area contributed by atoms with Crippen LogP contribution in [0, 0.1) is 23.7 Å². The van der Waals surface area contributed by atoms with Crippen molar-refractivity contribution in [1.29, 1.82) is 0 Å². The Morgan fingerprint density at radius 2 is 1.32 bits per heavy atom. The highest BCUT2D eigenvalue weighted by atomic mass is 15.1. The van der Waals surface area contributed by atoms with E-state index in [1.54, 1.807) is 0 Å². The van der Waals surface area contributed by atoms with Crippen molar-refractivity contribution in [2.24, 2.45) is 23.7 Å². The molecule has 1 heteroatoms. The third-order valence-corrected chi connectivity index (χ3v) is 5.88. The number of piperidine rings is 1. The zero-order valence-electron chi connectivity index (χ0n) is 13.7. The molecule has 0 amide bonds. The predicted molar refractivity (Wildman–Crippen MR) is 84.3 cm³/mol. The van der Waals surface area contributed by atoms with E-state index >= 15 is 0 Å². The molecule has 1 nitrogen and oxygen atoms in total. The normalized spacial score (nSPS) is 31.3. The Labute approximate surface area is 121 Å². The molecule has 0 aromatic heterocycles. The predicted octanol–water partition coefficient (Wildman–Crippen LogP) is 4.96. The van der Waals surface area contributed by atoms with Gasteiger partial charge in [0.15, 0.2) is 0 Å². The molecule has 1 saturated carbocycles. The van der Waals surface area contributed by atoms with Gasteiger partial charge in [0, 0.05) is 6.04 Å². The van der Waals surface area contributed by atoms with Crippen LogP contribution >= 0.6 is 0 Å². The zero-order chi connectivity index (χ0) is 13.8. The van der Waals surface area contributed by atoms with E-state index in [4.69, 9.17) is 0 Å². The summed E-state index contributed by atoms with van der Waals surface area (Å²) in [5, 5.41) is 0. The molecule has 2 aliphatic rings. The Bertz CT molecular complexity index is 216. The molecule has 0 radical (unpaired) electrons. The summed E-state index contributed by atoms with van der Waals surface area (Å²) in [4.78, 5) is 2.66. The zero-order valence-corrected chi connectivity index (χ0v) is 13.7. The van der Waals surface area contributed by atoms with Crippen molar-refractivity contribution in [3.8, 4) is 0 Å². The minimum absolute atomic E-state index is 0.752. The van der Waals surface area contributed by atoms with Crippen LogP contribution in [0.15, 0.2) is 0 Å². The van der Waals surface area contributed by atoms with Crippen LogP contribution in [0.25, 0.3) is 0 Å². The largest absolute Gasteiger partial charge is 0.301 e. The molecule has 0 aromatic carbocycles. The second-order valence-corrected chi connectivity index (χ2v) is 7.83. The van der Waals surface area contributed by atoms with Crippen molar-refractivity contribution >= 4 is 0 Å². The lowest BCUT2D eigenvalue weighted by atomic mass is 9.73. The highest BCUT2D eigenvalue weighted by molar-refractivity contribution is 4.80. The van der Waals surface area contributed by atoms with Crippen LogP contribution in [0.1, 0.15) is 72.6 Å². The molecule has 2 fully saturated rings. The van der Waals surface area contributed by atoms with Gasteiger partial charge in [-0.15, -0.1) is 0 Å². The Morgan fingerprint density at radius 1 is 0.789 bits per heavy atom. The lowest BCUT2D eigenvalue weighted by Gasteiger charge is -2.37. The van der Waals surface area contributed by atoms with Crippen LogP contribution in [-0.2, 0) is 0 Å². The number of rotatable bonds is 4. The van der Waals surface area contributed by atoms with Crippen LogP contribution in [0.5, 0.6) is 0 Å². The minimum Gasteiger partial charge on any atom is -0.301 e. The lowest BCUT2D eigenvalue weighted by Crippen LogP contribution is -2.39. The molecule has 0 spiro atoms. The second kappa shape index (κ2) is 7.11. The van der Waals surface area contributed by atoms with Crippen molar-refractivity contribution in [1.82, 2.24) is 4.90 Å². The molecule has 19 heavy (non-hydrogen) atoms. The van der Waals surface area contributed by atoms with Crippen LogP contribution in [-0.4, -0.2) is 24.0 Å². The number of hydrogen-bond acceptors (Lipinski definition) is 1. The minimum atomic E-state index is 0.752. The fourth-order valence-electron chi connectivity index (χ4n) is 4.27. The topological polar surface area (TPSA) is 3.24 Å². The van der Waals surface area contributed by atoms with Gasteiger partial charge in [-0.1, -0.05) is 26.7 Å². The van der Waals surface area contributed by atoms with Crippen LogP contribution < -0.4 is 0 Å².